The molecule has 0 aromatic heterocycles. The van der Waals surface area contributed by atoms with Crippen LogP contribution in [0.2, 0.25) is 0 Å². The van der Waals surface area contributed by atoms with Crippen molar-refractivity contribution < 1.29 is 22.0 Å². The summed E-state index contributed by atoms with van der Waals surface area (Å²) in [6.45, 7) is 0. The summed E-state index contributed by atoms with van der Waals surface area (Å²) in [7, 11) is 0. The Kier molecular flexibility index (Phi) is 2.70. The van der Waals surface area contributed by atoms with Crippen molar-refractivity contribution in [2.24, 2.45) is 0 Å². The molecular weight excluding hydrogens is 267 g/mol. The monoisotopic (exact) mass is 270 g/mol. The van der Waals surface area contributed by atoms with Crippen LogP contribution in [0.4, 0.5) is 22.0 Å². The highest BCUT2D eigenvalue weighted by Crippen LogP contribution is 2.45. The average Bonchev–Trinajstić information content (AvgIpc) is 2.83. The van der Waals surface area contributed by atoms with Gasteiger partial charge in [-0.25, -0.2) is 22.0 Å². The van der Waals surface area contributed by atoms with Crippen molar-refractivity contribution >= 4 is 29.7 Å². The minimum Gasteiger partial charge on any atom is -0.203 e. The van der Waals surface area contributed by atoms with Crippen LogP contribution in [0.25, 0.3) is 0 Å². The molecule has 86 valence electrons. The van der Waals surface area contributed by atoms with Crippen molar-refractivity contribution in [2.45, 2.75) is 11.2 Å². The highest BCUT2D eigenvalue weighted by Gasteiger charge is 2.48. The van der Waals surface area contributed by atoms with Crippen molar-refractivity contribution in [1.82, 2.24) is 0 Å². The van der Waals surface area contributed by atoms with Gasteiger partial charge in [-0.15, -0.1) is 0 Å². The van der Waals surface area contributed by atoms with Crippen LogP contribution in [0.3, 0.4) is 0 Å². The van der Waals surface area contributed by atoms with Gasteiger partial charge in [0.2, 0.25) is 5.82 Å². The van der Waals surface area contributed by atoms with Crippen LogP contribution < -0.4 is 0 Å². The van der Waals surface area contributed by atoms with Gasteiger partial charge in [-0.05, 0) is 0 Å². The molecule has 0 radical (unpaired) electrons. The zero-order chi connectivity index (χ0) is 12.2. The molecule has 0 aliphatic heterocycles. The SMILES string of the molecule is Fc1c(F)c(F)c(C2C(=S)C2S)c(F)c1F. The van der Waals surface area contributed by atoms with Crippen molar-refractivity contribution in [1.29, 1.82) is 0 Å². The van der Waals surface area contributed by atoms with Crippen molar-refractivity contribution in [3.63, 3.8) is 0 Å². The molecule has 0 saturated heterocycles. The summed E-state index contributed by atoms with van der Waals surface area (Å²) in [5.41, 5.74) is -0.888. The first kappa shape index (κ1) is 11.8. The first-order valence-corrected chi connectivity index (χ1v) is 5.03. The van der Waals surface area contributed by atoms with Gasteiger partial charge in [0.1, 0.15) is 0 Å². The fraction of sp³-hybridized carbons (Fsp3) is 0.222. The van der Waals surface area contributed by atoms with Crippen LogP contribution >= 0.6 is 24.8 Å². The van der Waals surface area contributed by atoms with Crippen LogP contribution in [-0.4, -0.2) is 10.1 Å². The van der Waals surface area contributed by atoms with Gasteiger partial charge >= 0.3 is 0 Å². The minimum absolute atomic E-state index is 0.173. The van der Waals surface area contributed by atoms with E-state index in [0.29, 0.717) is 0 Å². The lowest BCUT2D eigenvalue weighted by Gasteiger charge is -2.06. The molecule has 0 spiro atoms. The quantitative estimate of drug-likeness (QED) is 0.269. The van der Waals surface area contributed by atoms with E-state index in [4.69, 9.17) is 0 Å². The number of hydrogen-bond donors (Lipinski definition) is 1. The van der Waals surface area contributed by atoms with Gasteiger partial charge in [-0.3, -0.25) is 0 Å². The number of thiol groups is 1. The molecule has 16 heavy (non-hydrogen) atoms. The average molecular weight is 270 g/mol. The lowest BCUT2D eigenvalue weighted by atomic mass is 10.1. The number of rotatable bonds is 1. The molecule has 1 aliphatic carbocycles. The highest BCUT2D eigenvalue weighted by atomic mass is 32.1. The predicted octanol–water partition coefficient (Wildman–Crippen LogP) is 3.15. The van der Waals surface area contributed by atoms with Gasteiger partial charge in [0.05, 0.1) is 0 Å². The van der Waals surface area contributed by atoms with E-state index in [0.717, 1.165) is 0 Å². The fourth-order valence-corrected chi connectivity index (χ4v) is 2.23. The van der Waals surface area contributed by atoms with E-state index in [1.165, 1.54) is 0 Å². The molecule has 2 atom stereocenters. The molecule has 0 nitrogen and oxygen atoms in total. The van der Waals surface area contributed by atoms with Crippen LogP contribution in [-0.2, 0) is 0 Å². The second kappa shape index (κ2) is 3.66. The second-order valence-electron chi connectivity index (χ2n) is 3.31. The van der Waals surface area contributed by atoms with Crippen LogP contribution in [0.1, 0.15) is 11.5 Å². The molecule has 1 aromatic carbocycles. The molecule has 2 unspecified atom stereocenters. The summed E-state index contributed by atoms with van der Waals surface area (Å²) in [6.07, 6.45) is 0. The number of benzene rings is 1. The van der Waals surface area contributed by atoms with E-state index in [9.17, 15) is 22.0 Å². The highest BCUT2D eigenvalue weighted by molar-refractivity contribution is 7.88. The third kappa shape index (κ3) is 1.45. The first-order valence-electron chi connectivity index (χ1n) is 4.11. The maximum absolute atomic E-state index is 13.2. The molecular formula is C9H3F5S2. The molecule has 2 rings (SSSR count). The fourth-order valence-electron chi connectivity index (χ4n) is 1.42. The maximum Gasteiger partial charge on any atom is 0.200 e. The third-order valence-electron chi connectivity index (χ3n) is 2.36. The molecule has 1 fully saturated rings. The Morgan fingerprint density at radius 3 is 1.44 bits per heavy atom. The standard InChI is InChI=1S/C9H3F5S2/c10-3-1(2-8(15)9(2)16)4(11)6(13)7(14)5(3)12/h2,8,15H. The first-order chi connectivity index (χ1) is 7.37. The lowest BCUT2D eigenvalue weighted by Crippen LogP contribution is -2.07. The van der Waals surface area contributed by atoms with Crippen LogP contribution in [0.15, 0.2) is 0 Å². The summed E-state index contributed by atoms with van der Waals surface area (Å²) >= 11 is 8.52. The van der Waals surface area contributed by atoms with Gasteiger partial charge in [0.15, 0.2) is 23.3 Å². The van der Waals surface area contributed by atoms with Crippen molar-refractivity contribution in [2.75, 3.05) is 0 Å². The van der Waals surface area contributed by atoms with Crippen molar-refractivity contribution in [3.8, 4) is 0 Å². The van der Waals surface area contributed by atoms with E-state index in [1.54, 1.807) is 0 Å². The molecule has 0 bridgehead atoms. The third-order valence-corrected chi connectivity index (χ3v) is 3.62. The van der Waals surface area contributed by atoms with E-state index in [-0.39, 0.29) is 4.86 Å². The zero-order valence-corrected chi connectivity index (χ0v) is 9.11. The Hall–Kier alpha value is -0.690. The van der Waals surface area contributed by atoms with Gasteiger partial charge in [-0.2, -0.15) is 12.6 Å². The lowest BCUT2D eigenvalue weighted by molar-refractivity contribution is 0.371. The zero-order valence-electron chi connectivity index (χ0n) is 7.40. The Balaban J connectivity index is 2.67. The minimum atomic E-state index is -2.17. The van der Waals surface area contributed by atoms with E-state index >= 15 is 0 Å². The summed E-state index contributed by atoms with van der Waals surface area (Å²) < 4.78 is 64.8. The molecule has 1 aromatic rings. The second-order valence-corrected chi connectivity index (χ2v) is 4.34. The predicted molar refractivity (Wildman–Crippen MR) is 54.3 cm³/mol. The molecule has 1 saturated carbocycles. The van der Waals surface area contributed by atoms with E-state index in [1.807, 2.05) is 0 Å². The summed E-state index contributed by atoms with van der Waals surface area (Å²) in [5.74, 6) is -10.7. The number of thiocarbonyl (C=S) groups is 1. The number of halogens is 5. The Bertz CT molecular complexity index is 470. The normalized spacial score (nSPS) is 23.8. The molecule has 0 heterocycles. The smallest absolute Gasteiger partial charge is 0.200 e. The topological polar surface area (TPSA) is 0 Å². The summed E-state index contributed by atoms with van der Waals surface area (Å²) in [6, 6.07) is 0. The largest absolute Gasteiger partial charge is 0.203 e. The van der Waals surface area contributed by atoms with Gasteiger partial charge in [0.25, 0.3) is 0 Å². The Morgan fingerprint density at radius 2 is 1.12 bits per heavy atom. The van der Waals surface area contributed by atoms with E-state index < -0.39 is 45.8 Å². The Labute approximate surface area is 97.9 Å². The van der Waals surface area contributed by atoms with Gasteiger partial charge in [-0.1, -0.05) is 12.2 Å². The van der Waals surface area contributed by atoms with Gasteiger partial charge in [0, 0.05) is 21.6 Å². The van der Waals surface area contributed by atoms with Crippen LogP contribution in [0, 0.1) is 29.1 Å². The number of hydrogen-bond acceptors (Lipinski definition) is 2. The van der Waals surface area contributed by atoms with E-state index in [2.05, 4.69) is 24.8 Å². The maximum atomic E-state index is 13.2. The van der Waals surface area contributed by atoms with Crippen molar-refractivity contribution in [3.05, 3.63) is 34.6 Å². The molecule has 0 N–H and O–H groups in total. The molecule has 7 heteroatoms. The summed E-state index contributed by atoms with van der Waals surface area (Å²) in [4.78, 5) is 0.173. The molecule has 0 amide bonds. The molecule has 1 aliphatic rings. The summed E-state index contributed by atoms with van der Waals surface area (Å²) in [5, 5.41) is -0.636. The Morgan fingerprint density at radius 1 is 0.812 bits per heavy atom. The van der Waals surface area contributed by atoms with Gasteiger partial charge < -0.3 is 0 Å². The van der Waals surface area contributed by atoms with Crippen LogP contribution in [0.5, 0.6) is 0 Å².